The molecule has 1 aromatic carbocycles. The summed E-state index contributed by atoms with van der Waals surface area (Å²) in [5.41, 5.74) is 0.265. The first-order valence-corrected chi connectivity index (χ1v) is 13.4. The van der Waals surface area contributed by atoms with Crippen LogP contribution >= 0.6 is 0 Å². The predicted molar refractivity (Wildman–Crippen MR) is 124 cm³/mol. The molecule has 2 aromatic rings. The Bertz CT molecular complexity index is 1160. The van der Waals surface area contributed by atoms with Gasteiger partial charge < -0.3 is 14.2 Å². The van der Waals surface area contributed by atoms with E-state index in [9.17, 15) is 18.5 Å². The lowest BCUT2D eigenvalue weighted by molar-refractivity contribution is -0.384. The van der Waals surface area contributed by atoms with Crippen LogP contribution in [0.2, 0.25) is 0 Å². The SMILES string of the molecule is O=[N+]([O-])c1cc(S(=O)(=O)N2CCOCC2)ccc1N1CCCC(c2nnc3n2CCCCC3)C1. The van der Waals surface area contributed by atoms with Gasteiger partial charge in [-0.3, -0.25) is 10.1 Å². The molecule has 5 rings (SSSR count). The molecule has 0 spiro atoms. The fourth-order valence-electron chi connectivity index (χ4n) is 5.23. The van der Waals surface area contributed by atoms with Crippen molar-refractivity contribution in [2.24, 2.45) is 0 Å². The number of nitro groups is 1. The van der Waals surface area contributed by atoms with Crippen LogP contribution in [0.15, 0.2) is 23.1 Å². The molecule has 1 atom stereocenters. The van der Waals surface area contributed by atoms with Crippen LogP contribution in [0, 0.1) is 10.1 Å². The first-order chi connectivity index (χ1) is 16.4. The first-order valence-electron chi connectivity index (χ1n) is 12.0. The molecule has 0 saturated carbocycles. The number of morpholine rings is 1. The van der Waals surface area contributed by atoms with Crippen molar-refractivity contribution in [2.75, 3.05) is 44.3 Å². The van der Waals surface area contributed by atoms with Crippen molar-refractivity contribution < 1.29 is 18.1 Å². The molecule has 184 valence electrons. The highest BCUT2D eigenvalue weighted by Gasteiger charge is 2.33. The third-order valence-corrected chi connectivity index (χ3v) is 8.91. The Morgan fingerprint density at radius 2 is 1.85 bits per heavy atom. The van der Waals surface area contributed by atoms with Gasteiger partial charge in [-0.25, -0.2) is 8.42 Å². The van der Waals surface area contributed by atoms with E-state index in [4.69, 9.17) is 4.74 Å². The second-order valence-corrected chi connectivity index (χ2v) is 11.1. The number of fused-ring (bicyclic) bond motifs is 1. The van der Waals surface area contributed by atoms with Gasteiger partial charge in [-0.2, -0.15) is 4.31 Å². The Morgan fingerprint density at radius 3 is 2.65 bits per heavy atom. The van der Waals surface area contributed by atoms with Gasteiger partial charge in [0.2, 0.25) is 10.0 Å². The summed E-state index contributed by atoms with van der Waals surface area (Å²) in [6.45, 7) is 3.31. The lowest BCUT2D eigenvalue weighted by atomic mass is 9.96. The topological polar surface area (TPSA) is 124 Å². The number of aromatic nitrogens is 3. The second kappa shape index (κ2) is 9.59. The highest BCUT2D eigenvalue weighted by molar-refractivity contribution is 7.89. The maximum absolute atomic E-state index is 13.0. The van der Waals surface area contributed by atoms with E-state index in [0.29, 0.717) is 32.0 Å². The quantitative estimate of drug-likeness (QED) is 0.462. The van der Waals surface area contributed by atoms with Gasteiger partial charge in [0.15, 0.2) is 0 Å². The largest absolute Gasteiger partial charge is 0.379 e. The minimum atomic E-state index is -3.82. The fraction of sp³-hybridized carbons (Fsp3) is 0.636. The van der Waals surface area contributed by atoms with Crippen molar-refractivity contribution in [2.45, 2.75) is 55.9 Å². The summed E-state index contributed by atoms with van der Waals surface area (Å²) >= 11 is 0. The number of benzene rings is 1. The lowest BCUT2D eigenvalue weighted by Gasteiger charge is -2.34. The fourth-order valence-corrected chi connectivity index (χ4v) is 6.66. The van der Waals surface area contributed by atoms with Crippen LogP contribution in [0.5, 0.6) is 0 Å². The number of aryl methyl sites for hydroxylation is 1. The van der Waals surface area contributed by atoms with E-state index in [2.05, 4.69) is 14.8 Å². The molecule has 0 bridgehead atoms. The van der Waals surface area contributed by atoms with Crippen molar-refractivity contribution in [3.63, 3.8) is 0 Å². The standard InChI is InChI=1S/C22H30N6O5S/c29-28(30)20-15-18(34(31,32)26-11-13-33-14-12-26)7-8-19(20)25-9-4-5-17(16-25)22-24-23-21-6-2-1-3-10-27(21)22/h7-8,15,17H,1-6,9-14,16H2. The number of anilines is 1. The van der Waals surface area contributed by atoms with E-state index >= 15 is 0 Å². The molecule has 3 aliphatic heterocycles. The molecule has 12 heteroatoms. The summed E-state index contributed by atoms with van der Waals surface area (Å²) in [7, 11) is -3.82. The molecular weight excluding hydrogens is 460 g/mol. The van der Waals surface area contributed by atoms with Gasteiger partial charge in [-0.1, -0.05) is 6.42 Å². The van der Waals surface area contributed by atoms with E-state index in [0.717, 1.165) is 50.3 Å². The second-order valence-electron chi connectivity index (χ2n) is 9.15. The minimum absolute atomic E-state index is 0.0545. The number of hydrogen-bond donors (Lipinski definition) is 0. The number of rotatable bonds is 5. The number of nitrogens with zero attached hydrogens (tertiary/aromatic N) is 6. The minimum Gasteiger partial charge on any atom is -0.379 e. The molecule has 2 saturated heterocycles. The van der Waals surface area contributed by atoms with Gasteiger partial charge in [0, 0.05) is 51.1 Å². The molecule has 0 aliphatic carbocycles. The third kappa shape index (κ3) is 4.41. The van der Waals surface area contributed by atoms with E-state index in [-0.39, 0.29) is 29.6 Å². The molecule has 0 N–H and O–H groups in total. The number of ether oxygens (including phenoxy) is 1. The Labute approximate surface area is 198 Å². The van der Waals surface area contributed by atoms with Gasteiger partial charge in [0.25, 0.3) is 5.69 Å². The number of nitro benzene ring substituents is 1. The van der Waals surface area contributed by atoms with Crippen LogP contribution in [0.4, 0.5) is 11.4 Å². The zero-order chi connectivity index (χ0) is 23.7. The van der Waals surface area contributed by atoms with Crippen LogP contribution in [0.1, 0.15) is 49.7 Å². The molecular formula is C22H30N6O5S. The van der Waals surface area contributed by atoms with E-state index in [1.165, 1.54) is 22.9 Å². The summed E-state index contributed by atoms with van der Waals surface area (Å²) in [6.07, 6.45) is 6.18. The number of sulfonamides is 1. The van der Waals surface area contributed by atoms with Crippen LogP contribution in [-0.4, -0.2) is 71.8 Å². The lowest BCUT2D eigenvalue weighted by Crippen LogP contribution is -2.40. The van der Waals surface area contributed by atoms with Gasteiger partial charge in [0.1, 0.15) is 17.3 Å². The van der Waals surface area contributed by atoms with E-state index < -0.39 is 14.9 Å². The normalized spacial score (nSPS) is 22.2. The highest BCUT2D eigenvalue weighted by Crippen LogP contribution is 2.36. The molecule has 4 heterocycles. The zero-order valence-electron chi connectivity index (χ0n) is 19.1. The molecule has 11 nitrogen and oxygen atoms in total. The molecule has 1 unspecified atom stereocenters. The van der Waals surface area contributed by atoms with Crippen molar-refractivity contribution in [1.82, 2.24) is 19.1 Å². The molecule has 34 heavy (non-hydrogen) atoms. The van der Waals surface area contributed by atoms with Crippen molar-refractivity contribution in [1.29, 1.82) is 0 Å². The molecule has 0 radical (unpaired) electrons. The molecule has 2 fully saturated rings. The monoisotopic (exact) mass is 490 g/mol. The van der Waals surface area contributed by atoms with Crippen molar-refractivity contribution in [3.8, 4) is 0 Å². The predicted octanol–water partition coefficient (Wildman–Crippen LogP) is 2.32. The van der Waals surface area contributed by atoms with Gasteiger partial charge >= 0.3 is 0 Å². The Hall–Kier alpha value is -2.57. The third-order valence-electron chi connectivity index (χ3n) is 7.02. The highest BCUT2D eigenvalue weighted by atomic mass is 32.2. The Kier molecular flexibility index (Phi) is 6.54. The van der Waals surface area contributed by atoms with Crippen molar-refractivity contribution in [3.05, 3.63) is 40.0 Å². The molecule has 1 aromatic heterocycles. The van der Waals surface area contributed by atoms with Gasteiger partial charge in [0.05, 0.1) is 23.0 Å². The van der Waals surface area contributed by atoms with Crippen molar-refractivity contribution >= 4 is 21.4 Å². The summed E-state index contributed by atoms with van der Waals surface area (Å²) in [5.74, 6) is 2.13. The van der Waals surface area contributed by atoms with E-state index in [1.807, 2.05) is 4.90 Å². The molecule has 0 amide bonds. The van der Waals surface area contributed by atoms with E-state index in [1.54, 1.807) is 6.07 Å². The maximum Gasteiger partial charge on any atom is 0.293 e. The average Bonchev–Trinajstić information content (AvgIpc) is 3.12. The summed E-state index contributed by atoms with van der Waals surface area (Å²) in [6, 6.07) is 4.27. The smallest absolute Gasteiger partial charge is 0.293 e. The number of hydrogen-bond acceptors (Lipinski definition) is 8. The Balaban J connectivity index is 1.42. The van der Waals surface area contributed by atoms with Crippen LogP contribution in [0.3, 0.4) is 0 Å². The van der Waals surface area contributed by atoms with Crippen LogP contribution in [-0.2, 0) is 27.7 Å². The van der Waals surface area contributed by atoms with Crippen LogP contribution < -0.4 is 4.90 Å². The molecule has 3 aliphatic rings. The summed E-state index contributed by atoms with van der Waals surface area (Å²) in [4.78, 5) is 13.4. The van der Waals surface area contributed by atoms with Crippen LogP contribution in [0.25, 0.3) is 0 Å². The first kappa shape index (κ1) is 23.2. The maximum atomic E-state index is 13.0. The Morgan fingerprint density at radius 1 is 1.03 bits per heavy atom. The summed E-state index contributed by atoms with van der Waals surface area (Å²) in [5, 5.41) is 20.9. The number of piperidine rings is 1. The zero-order valence-corrected chi connectivity index (χ0v) is 20.0. The van der Waals surface area contributed by atoms with Gasteiger partial charge in [-0.05, 0) is 37.8 Å². The summed E-state index contributed by atoms with van der Waals surface area (Å²) < 4.78 is 34.9. The van der Waals surface area contributed by atoms with Gasteiger partial charge in [-0.15, -0.1) is 10.2 Å². The average molecular weight is 491 g/mol.